The Hall–Kier alpha value is -1.26. The van der Waals surface area contributed by atoms with E-state index in [1.807, 2.05) is 6.07 Å². The summed E-state index contributed by atoms with van der Waals surface area (Å²) in [5, 5.41) is 3.60. The molecule has 2 aliphatic rings. The van der Waals surface area contributed by atoms with Crippen molar-refractivity contribution in [1.29, 1.82) is 0 Å². The van der Waals surface area contributed by atoms with Gasteiger partial charge in [0.2, 0.25) is 0 Å². The molecule has 0 spiro atoms. The van der Waals surface area contributed by atoms with Gasteiger partial charge in [0.1, 0.15) is 13.2 Å². The molecule has 116 valence electrons. The van der Waals surface area contributed by atoms with Crippen molar-refractivity contribution in [2.75, 3.05) is 39.9 Å². The molecule has 4 nitrogen and oxygen atoms in total. The van der Waals surface area contributed by atoms with Gasteiger partial charge in [-0.3, -0.25) is 0 Å². The molecular formula is C17H26N2O2. The minimum absolute atomic E-state index is 0.655. The van der Waals surface area contributed by atoms with Crippen LogP contribution in [0.1, 0.15) is 24.8 Å². The zero-order valence-electron chi connectivity index (χ0n) is 12.9. The number of piperidine rings is 1. The van der Waals surface area contributed by atoms with Gasteiger partial charge in [0.05, 0.1) is 0 Å². The Labute approximate surface area is 127 Å². The van der Waals surface area contributed by atoms with Crippen LogP contribution in [0.5, 0.6) is 11.5 Å². The van der Waals surface area contributed by atoms with Crippen LogP contribution in [0.3, 0.4) is 0 Å². The Kier molecular flexibility index (Phi) is 4.99. The van der Waals surface area contributed by atoms with Crippen LogP contribution in [-0.2, 0) is 6.42 Å². The lowest BCUT2D eigenvalue weighted by Gasteiger charge is -2.32. The molecule has 2 aliphatic heterocycles. The molecule has 0 amide bonds. The lowest BCUT2D eigenvalue weighted by molar-refractivity contribution is 0.171. The topological polar surface area (TPSA) is 33.7 Å². The lowest BCUT2D eigenvalue weighted by atomic mass is 10.0. The molecular weight excluding hydrogens is 264 g/mol. The zero-order chi connectivity index (χ0) is 14.5. The number of benzene rings is 1. The first kappa shape index (κ1) is 14.7. The SMILES string of the molecule is CN1CCCCC1CNCCc1ccc2c(c1)OCCO2. The standard InChI is InChI=1S/C17H26N2O2/c1-19-9-3-2-4-15(19)13-18-8-7-14-5-6-16-17(12-14)21-11-10-20-16/h5-6,12,15,18H,2-4,7-11,13H2,1H3. The predicted octanol–water partition coefficient (Wildman–Crippen LogP) is 2.07. The molecule has 2 heterocycles. The predicted molar refractivity (Wildman–Crippen MR) is 84.3 cm³/mol. The van der Waals surface area contributed by atoms with Gasteiger partial charge in [0.25, 0.3) is 0 Å². The summed E-state index contributed by atoms with van der Waals surface area (Å²) in [6.45, 7) is 4.67. The number of nitrogens with zero attached hydrogens (tertiary/aromatic N) is 1. The Morgan fingerprint density at radius 3 is 2.90 bits per heavy atom. The highest BCUT2D eigenvalue weighted by atomic mass is 16.6. The van der Waals surface area contributed by atoms with E-state index in [2.05, 4.69) is 29.4 Å². The van der Waals surface area contributed by atoms with E-state index in [0.29, 0.717) is 19.3 Å². The Morgan fingerprint density at radius 1 is 1.19 bits per heavy atom. The summed E-state index contributed by atoms with van der Waals surface area (Å²) in [7, 11) is 2.24. The van der Waals surface area contributed by atoms with Crippen molar-refractivity contribution in [3.05, 3.63) is 23.8 Å². The maximum absolute atomic E-state index is 5.63. The second kappa shape index (κ2) is 7.14. The number of likely N-dealkylation sites (N-methyl/N-ethyl adjacent to an activating group) is 1. The molecule has 0 bridgehead atoms. The fourth-order valence-corrected chi connectivity index (χ4v) is 3.15. The van der Waals surface area contributed by atoms with Crippen LogP contribution in [0.4, 0.5) is 0 Å². The van der Waals surface area contributed by atoms with Crippen LogP contribution < -0.4 is 14.8 Å². The van der Waals surface area contributed by atoms with E-state index < -0.39 is 0 Å². The molecule has 4 heteroatoms. The molecule has 1 aromatic rings. The maximum atomic E-state index is 5.63. The van der Waals surface area contributed by atoms with Gasteiger partial charge < -0.3 is 19.7 Å². The van der Waals surface area contributed by atoms with Crippen LogP contribution in [0.25, 0.3) is 0 Å². The van der Waals surface area contributed by atoms with Crippen molar-refractivity contribution in [3.63, 3.8) is 0 Å². The van der Waals surface area contributed by atoms with Gasteiger partial charge in [-0.05, 0) is 57.1 Å². The third-order valence-electron chi connectivity index (χ3n) is 4.50. The number of ether oxygens (including phenoxy) is 2. The number of rotatable bonds is 5. The summed E-state index contributed by atoms with van der Waals surface area (Å²) in [5.41, 5.74) is 1.31. The van der Waals surface area contributed by atoms with Crippen molar-refractivity contribution in [2.45, 2.75) is 31.7 Å². The minimum atomic E-state index is 0.655. The van der Waals surface area contributed by atoms with Gasteiger partial charge in [-0.15, -0.1) is 0 Å². The Bertz CT molecular complexity index is 464. The lowest BCUT2D eigenvalue weighted by Crippen LogP contribution is -2.43. The first-order valence-corrected chi connectivity index (χ1v) is 8.12. The first-order valence-electron chi connectivity index (χ1n) is 8.12. The molecule has 0 aromatic heterocycles. The summed E-state index contributed by atoms with van der Waals surface area (Å²) in [4.78, 5) is 2.49. The Morgan fingerprint density at radius 2 is 2.05 bits per heavy atom. The molecule has 0 radical (unpaired) electrons. The molecule has 1 saturated heterocycles. The summed E-state index contributed by atoms with van der Waals surface area (Å²) in [6.07, 6.45) is 5.09. The Balaban J connectivity index is 1.43. The van der Waals surface area contributed by atoms with E-state index in [0.717, 1.165) is 31.0 Å². The van der Waals surface area contributed by atoms with E-state index in [-0.39, 0.29) is 0 Å². The zero-order valence-corrected chi connectivity index (χ0v) is 12.9. The largest absolute Gasteiger partial charge is 0.486 e. The fourth-order valence-electron chi connectivity index (χ4n) is 3.15. The monoisotopic (exact) mass is 290 g/mol. The van der Waals surface area contributed by atoms with Gasteiger partial charge in [-0.2, -0.15) is 0 Å². The van der Waals surface area contributed by atoms with Crippen molar-refractivity contribution in [2.24, 2.45) is 0 Å². The second-order valence-corrected chi connectivity index (χ2v) is 6.06. The van der Waals surface area contributed by atoms with Gasteiger partial charge >= 0.3 is 0 Å². The highest BCUT2D eigenvalue weighted by molar-refractivity contribution is 5.43. The number of likely N-dealkylation sites (tertiary alicyclic amines) is 1. The highest BCUT2D eigenvalue weighted by Gasteiger charge is 2.18. The van der Waals surface area contributed by atoms with Gasteiger partial charge in [0.15, 0.2) is 11.5 Å². The first-order chi connectivity index (χ1) is 10.3. The van der Waals surface area contributed by atoms with Crippen LogP contribution in [0, 0.1) is 0 Å². The molecule has 3 rings (SSSR count). The second-order valence-electron chi connectivity index (χ2n) is 6.06. The van der Waals surface area contributed by atoms with E-state index >= 15 is 0 Å². The molecule has 21 heavy (non-hydrogen) atoms. The number of fused-ring (bicyclic) bond motifs is 1. The third-order valence-corrected chi connectivity index (χ3v) is 4.50. The molecule has 1 unspecified atom stereocenters. The molecule has 1 atom stereocenters. The maximum Gasteiger partial charge on any atom is 0.161 e. The average molecular weight is 290 g/mol. The van der Waals surface area contributed by atoms with Crippen LogP contribution in [-0.4, -0.2) is 50.8 Å². The van der Waals surface area contributed by atoms with Crippen molar-refractivity contribution in [1.82, 2.24) is 10.2 Å². The van der Waals surface area contributed by atoms with Crippen molar-refractivity contribution in [3.8, 4) is 11.5 Å². The van der Waals surface area contributed by atoms with E-state index in [4.69, 9.17) is 9.47 Å². The van der Waals surface area contributed by atoms with Crippen LogP contribution >= 0.6 is 0 Å². The van der Waals surface area contributed by atoms with E-state index in [9.17, 15) is 0 Å². The van der Waals surface area contributed by atoms with E-state index in [1.165, 1.54) is 31.4 Å². The smallest absolute Gasteiger partial charge is 0.161 e. The van der Waals surface area contributed by atoms with Gasteiger partial charge in [-0.25, -0.2) is 0 Å². The van der Waals surface area contributed by atoms with Crippen molar-refractivity contribution >= 4 is 0 Å². The van der Waals surface area contributed by atoms with Crippen molar-refractivity contribution < 1.29 is 9.47 Å². The average Bonchev–Trinajstić information content (AvgIpc) is 2.53. The molecule has 1 aromatic carbocycles. The van der Waals surface area contributed by atoms with Crippen LogP contribution in [0.2, 0.25) is 0 Å². The molecule has 0 aliphatic carbocycles. The quantitative estimate of drug-likeness (QED) is 0.842. The highest BCUT2D eigenvalue weighted by Crippen LogP contribution is 2.30. The number of hydrogen-bond donors (Lipinski definition) is 1. The number of nitrogens with one attached hydrogen (secondary N) is 1. The summed E-state index contributed by atoms with van der Waals surface area (Å²) in [5.74, 6) is 1.77. The molecule has 1 N–H and O–H groups in total. The fraction of sp³-hybridized carbons (Fsp3) is 0.647. The van der Waals surface area contributed by atoms with Crippen LogP contribution in [0.15, 0.2) is 18.2 Å². The third kappa shape index (κ3) is 3.89. The molecule has 1 fully saturated rings. The summed E-state index contributed by atoms with van der Waals surface area (Å²) >= 11 is 0. The summed E-state index contributed by atoms with van der Waals surface area (Å²) < 4.78 is 11.2. The summed E-state index contributed by atoms with van der Waals surface area (Å²) in [6, 6.07) is 6.99. The molecule has 0 saturated carbocycles. The van der Waals surface area contributed by atoms with E-state index in [1.54, 1.807) is 0 Å². The number of hydrogen-bond acceptors (Lipinski definition) is 4. The van der Waals surface area contributed by atoms with Gasteiger partial charge in [0, 0.05) is 12.6 Å². The van der Waals surface area contributed by atoms with Gasteiger partial charge in [-0.1, -0.05) is 12.5 Å². The minimum Gasteiger partial charge on any atom is -0.486 e. The normalized spacial score (nSPS) is 22.2.